The summed E-state index contributed by atoms with van der Waals surface area (Å²) in [6.07, 6.45) is 6.22. The quantitative estimate of drug-likeness (QED) is 0.915. The van der Waals surface area contributed by atoms with Gasteiger partial charge in [-0.2, -0.15) is 0 Å². The van der Waals surface area contributed by atoms with Crippen LogP contribution >= 0.6 is 0 Å². The molecule has 0 bridgehead atoms. The molecule has 0 aromatic heterocycles. The van der Waals surface area contributed by atoms with E-state index in [1.54, 1.807) is 7.11 Å². The SMILES string of the molecule is CCCC(=O)N1CC[C@@]2(O)CCCC[C@@H]2[C@H]1c1ccc(OC)cc1. The van der Waals surface area contributed by atoms with Gasteiger partial charge in [0.05, 0.1) is 18.8 Å². The summed E-state index contributed by atoms with van der Waals surface area (Å²) >= 11 is 0. The van der Waals surface area contributed by atoms with Crippen molar-refractivity contribution >= 4 is 5.91 Å². The van der Waals surface area contributed by atoms with Crippen molar-refractivity contribution in [2.75, 3.05) is 13.7 Å². The first-order valence-corrected chi connectivity index (χ1v) is 9.25. The van der Waals surface area contributed by atoms with Crippen LogP contribution in [0.15, 0.2) is 24.3 Å². The van der Waals surface area contributed by atoms with E-state index >= 15 is 0 Å². The van der Waals surface area contributed by atoms with Crippen LogP contribution in [0.3, 0.4) is 0 Å². The van der Waals surface area contributed by atoms with Gasteiger partial charge in [0.25, 0.3) is 0 Å². The molecule has 1 aliphatic carbocycles. The molecule has 0 unspecified atom stereocenters. The van der Waals surface area contributed by atoms with Crippen molar-refractivity contribution in [1.82, 2.24) is 4.90 Å². The maximum absolute atomic E-state index is 12.7. The summed E-state index contributed by atoms with van der Waals surface area (Å²) < 4.78 is 5.27. The molecule has 1 aromatic carbocycles. The summed E-state index contributed by atoms with van der Waals surface area (Å²) in [5, 5.41) is 11.2. The van der Waals surface area contributed by atoms with Gasteiger partial charge in [-0.25, -0.2) is 0 Å². The number of amides is 1. The third kappa shape index (κ3) is 3.16. The number of hydrogen-bond acceptors (Lipinski definition) is 3. The first kappa shape index (κ1) is 17.3. The van der Waals surface area contributed by atoms with Crippen molar-refractivity contribution in [3.8, 4) is 5.75 Å². The van der Waals surface area contributed by atoms with Gasteiger partial charge in [0.2, 0.25) is 5.91 Å². The van der Waals surface area contributed by atoms with Crippen LogP contribution in [-0.4, -0.2) is 35.2 Å². The lowest BCUT2D eigenvalue weighted by atomic mass is 9.66. The second-order valence-electron chi connectivity index (χ2n) is 7.26. The third-order valence-electron chi connectivity index (χ3n) is 5.81. The summed E-state index contributed by atoms with van der Waals surface area (Å²) in [7, 11) is 1.66. The molecule has 1 amide bonds. The van der Waals surface area contributed by atoms with Crippen LogP contribution in [0.2, 0.25) is 0 Å². The number of fused-ring (bicyclic) bond motifs is 1. The van der Waals surface area contributed by atoms with E-state index in [0.717, 1.165) is 43.4 Å². The Morgan fingerprint density at radius 3 is 2.71 bits per heavy atom. The van der Waals surface area contributed by atoms with Gasteiger partial charge in [0.15, 0.2) is 0 Å². The molecule has 4 nitrogen and oxygen atoms in total. The monoisotopic (exact) mass is 331 g/mol. The Kier molecular flexibility index (Phi) is 5.14. The average Bonchev–Trinajstić information content (AvgIpc) is 2.60. The molecule has 1 heterocycles. The molecule has 24 heavy (non-hydrogen) atoms. The number of piperidine rings is 1. The van der Waals surface area contributed by atoms with Crippen LogP contribution in [0.4, 0.5) is 0 Å². The number of methoxy groups -OCH3 is 1. The number of carbonyl (C=O) groups excluding carboxylic acids is 1. The van der Waals surface area contributed by atoms with Crippen molar-refractivity contribution in [2.24, 2.45) is 5.92 Å². The third-order valence-corrected chi connectivity index (χ3v) is 5.81. The summed E-state index contributed by atoms with van der Waals surface area (Å²) in [6.45, 7) is 2.70. The number of hydrogen-bond donors (Lipinski definition) is 1. The van der Waals surface area contributed by atoms with Gasteiger partial charge in [-0.15, -0.1) is 0 Å². The number of rotatable bonds is 4. The topological polar surface area (TPSA) is 49.8 Å². The minimum absolute atomic E-state index is 0.0194. The van der Waals surface area contributed by atoms with Crippen LogP contribution < -0.4 is 4.74 Å². The molecule has 2 aliphatic rings. The summed E-state index contributed by atoms with van der Waals surface area (Å²) in [5.41, 5.74) is 0.497. The molecule has 2 fully saturated rings. The summed E-state index contributed by atoms with van der Waals surface area (Å²) in [5.74, 6) is 1.17. The minimum Gasteiger partial charge on any atom is -0.497 e. The molecule has 1 saturated carbocycles. The lowest BCUT2D eigenvalue weighted by Crippen LogP contribution is -2.56. The second-order valence-corrected chi connectivity index (χ2v) is 7.26. The number of aliphatic hydroxyl groups is 1. The first-order valence-electron chi connectivity index (χ1n) is 9.25. The zero-order valence-corrected chi connectivity index (χ0v) is 14.8. The average molecular weight is 331 g/mol. The Labute approximate surface area is 144 Å². The maximum atomic E-state index is 12.7. The normalized spacial score (nSPS) is 29.9. The van der Waals surface area contributed by atoms with E-state index in [9.17, 15) is 9.90 Å². The van der Waals surface area contributed by atoms with Crippen molar-refractivity contribution in [1.29, 1.82) is 0 Å². The van der Waals surface area contributed by atoms with E-state index in [0.29, 0.717) is 19.4 Å². The highest BCUT2D eigenvalue weighted by atomic mass is 16.5. The number of carbonyl (C=O) groups is 1. The van der Waals surface area contributed by atoms with Gasteiger partial charge >= 0.3 is 0 Å². The Morgan fingerprint density at radius 1 is 1.29 bits per heavy atom. The first-order chi connectivity index (χ1) is 11.6. The highest BCUT2D eigenvalue weighted by molar-refractivity contribution is 5.77. The van der Waals surface area contributed by atoms with E-state index in [4.69, 9.17) is 4.74 Å². The van der Waals surface area contributed by atoms with Gasteiger partial charge in [0, 0.05) is 18.9 Å². The molecule has 1 saturated heterocycles. The van der Waals surface area contributed by atoms with Crippen LogP contribution in [-0.2, 0) is 4.79 Å². The number of nitrogens with zero attached hydrogens (tertiary/aromatic N) is 1. The Bertz CT molecular complexity index is 571. The van der Waals surface area contributed by atoms with Gasteiger partial charge < -0.3 is 14.7 Å². The van der Waals surface area contributed by atoms with E-state index in [-0.39, 0.29) is 17.9 Å². The fourth-order valence-electron chi connectivity index (χ4n) is 4.53. The zero-order chi connectivity index (χ0) is 17.2. The molecular formula is C20H29NO3. The lowest BCUT2D eigenvalue weighted by molar-refractivity contribution is -0.155. The highest BCUT2D eigenvalue weighted by Crippen LogP contribution is 2.49. The molecular weight excluding hydrogens is 302 g/mol. The molecule has 1 aromatic rings. The maximum Gasteiger partial charge on any atom is 0.223 e. The zero-order valence-electron chi connectivity index (χ0n) is 14.8. The lowest BCUT2D eigenvalue weighted by Gasteiger charge is -2.52. The molecule has 0 radical (unpaired) electrons. The highest BCUT2D eigenvalue weighted by Gasteiger charge is 2.49. The molecule has 0 spiro atoms. The number of ether oxygens (including phenoxy) is 1. The van der Waals surface area contributed by atoms with Gasteiger partial charge in [-0.3, -0.25) is 4.79 Å². The van der Waals surface area contributed by atoms with Crippen LogP contribution in [0.1, 0.15) is 63.5 Å². The molecule has 4 heteroatoms. The Balaban J connectivity index is 1.96. The van der Waals surface area contributed by atoms with Crippen LogP contribution in [0, 0.1) is 5.92 Å². The second kappa shape index (κ2) is 7.14. The van der Waals surface area contributed by atoms with Gasteiger partial charge in [-0.1, -0.05) is 31.9 Å². The van der Waals surface area contributed by atoms with Crippen LogP contribution in [0.5, 0.6) is 5.75 Å². The molecule has 1 N–H and O–H groups in total. The van der Waals surface area contributed by atoms with E-state index < -0.39 is 5.60 Å². The van der Waals surface area contributed by atoms with Gasteiger partial charge in [0.1, 0.15) is 5.75 Å². The molecule has 1 aliphatic heterocycles. The fourth-order valence-corrected chi connectivity index (χ4v) is 4.53. The predicted molar refractivity (Wildman–Crippen MR) is 93.9 cm³/mol. The van der Waals surface area contributed by atoms with E-state index in [1.807, 2.05) is 24.0 Å². The summed E-state index contributed by atoms with van der Waals surface area (Å²) in [4.78, 5) is 14.7. The van der Waals surface area contributed by atoms with Crippen molar-refractivity contribution in [3.63, 3.8) is 0 Å². The largest absolute Gasteiger partial charge is 0.497 e. The number of likely N-dealkylation sites (tertiary alicyclic amines) is 1. The summed E-state index contributed by atoms with van der Waals surface area (Å²) in [6, 6.07) is 7.99. The molecule has 3 atom stereocenters. The molecule has 132 valence electrons. The van der Waals surface area contributed by atoms with E-state index in [2.05, 4.69) is 12.1 Å². The fraction of sp³-hybridized carbons (Fsp3) is 0.650. The van der Waals surface area contributed by atoms with Crippen molar-refractivity contribution < 1.29 is 14.6 Å². The van der Waals surface area contributed by atoms with Crippen LogP contribution in [0.25, 0.3) is 0 Å². The number of benzene rings is 1. The van der Waals surface area contributed by atoms with Crippen molar-refractivity contribution in [2.45, 2.75) is 63.5 Å². The van der Waals surface area contributed by atoms with Gasteiger partial charge in [-0.05, 0) is 43.4 Å². The minimum atomic E-state index is -0.619. The standard InChI is InChI=1S/C20H29NO3/c1-3-6-18(22)21-14-13-20(23)12-5-4-7-17(20)19(21)15-8-10-16(24-2)11-9-15/h8-11,17,19,23H,3-7,12-14H2,1-2H3/t17-,19-,20+/m1/s1. The molecule has 3 rings (SSSR count). The Morgan fingerprint density at radius 2 is 2.04 bits per heavy atom. The predicted octanol–water partition coefficient (Wildman–Crippen LogP) is 3.69. The van der Waals surface area contributed by atoms with E-state index in [1.165, 1.54) is 0 Å². The Hall–Kier alpha value is -1.55. The van der Waals surface area contributed by atoms with Crippen molar-refractivity contribution in [3.05, 3.63) is 29.8 Å². The smallest absolute Gasteiger partial charge is 0.223 e.